The minimum absolute atomic E-state index is 0.0606. The van der Waals surface area contributed by atoms with Crippen LogP contribution in [0.5, 0.6) is 0 Å². The number of alkyl halides is 3. The number of halogens is 3. The molecular weight excluding hydrogens is 487 g/mol. The van der Waals surface area contributed by atoms with Gasteiger partial charge in [0.15, 0.2) is 6.54 Å². The lowest BCUT2D eigenvalue weighted by Gasteiger charge is -2.42. The second kappa shape index (κ2) is 9.79. The predicted octanol–water partition coefficient (Wildman–Crippen LogP) is 6.49. The van der Waals surface area contributed by atoms with E-state index < -0.39 is 34.9 Å². The molecule has 0 bridgehead atoms. The number of carboxylic acids is 1. The summed E-state index contributed by atoms with van der Waals surface area (Å²) in [5.41, 5.74) is 1.73. The highest BCUT2D eigenvalue weighted by Crippen LogP contribution is 2.40. The molecule has 0 radical (unpaired) electrons. The third kappa shape index (κ3) is 5.55. The van der Waals surface area contributed by atoms with Crippen LogP contribution in [0.3, 0.4) is 0 Å². The number of hydrogen-bond donors (Lipinski definition) is 1. The van der Waals surface area contributed by atoms with Crippen molar-refractivity contribution in [3.05, 3.63) is 88.6 Å². The van der Waals surface area contributed by atoms with Crippen LogP contribution >= 0.6 is 0 Å². The van der Waals surface area contributed by atoms with Crippen LogP contribution in [0.4, 0.5) is 13.2 Å². The molecule has 0 saturated heterocycles. The number of quaternary nitrogens is 1. The standard InChI is InChI=1S/C27H24F3N3O4/c1-16-6-4-5-7-21(16)22-13-12-20(14-23(22)27(28,29)30)26-31-25(32-37-26)19-10-8-18(9-11-19)17(2)33(3,36)15-24(34)35/h4-14,17H,15H2,1-3H3,(H,34,35). The minimum Gasteiger partial charge on any atom is -0.632 e. The molecule has 0 amide bonds. The van der Waals surface area contributed by atoms with Gasteiger partial charge in [-0.15, -0.1) is 0 Å². The largest absolute Gasteiger partial charge is 0.632 e. The molecule has 3 aromatic carbocycles. The number of aromatic nitrogens is 2. The van der Waals surface area contributed by atoms with Gasteiger partial charge in [-0.25, -0.2) is 4.79 Å². The van der Waals surface area contributed by atoms with Crippen LogP contribution in [0.2, 0.25) is 0 Å². The molecule has 4 rings (SSSR count). The summed E-state index contributed by atoms with van der Waals surface area (Å²) in [6.45, 7) is 2.80. The molecule has 0 aliphatic heterocycles. The zero-order valence-electron chi connectivity index (χ0n) is 20.3. The van der Waals surface area contributed by atoms with Crippen LogP contribution in [-0.4, -0.2) is 39.5 Å². The van der Waals surface area contributed by atoms with Gasteiger partial charge in [-0.3, -0.25) is 0 Å². The first-order valence-corrected chi connectivity index (χ1v) is 11.4. The van der Waals surface area contributed by atoms with Gasteiger partial charge >= 0.3 is 12.1 Å². The monoisotopic (exact) mass is 511 g/mol. The number of likely N-dealkylation sites (N-methyl/N-ethyl adjacent to an activating group) is 1. The normalized spacial score (nSPS) is 14.2. The van der Waals surface area contributed by atoms with Crippen LogP contribution in [0.15, 0.2) is 71.3 Å². The number of aryl methyl sites for hydroxylation is 1. The quantitative estimate of drug-likeness (QED) is 0.225. The molecule has 2 unspecified atom stereocenters. The molecule has 0 aliphatic carbocycles. The van der Waals surface area contributed by atoms with E-state index in [0.717, 1.165) is 11.6 Å². The van der Waals surface area contributed by atoms with Gasteiger partial charge in [0.25, 0.3) is 5.89 Å². The lowest BCUT2D eigenvalue weighted by molar-refractivity contribution is -0.883. The fourth-order valence-electron chi connectivity index (χ4n) is 4.11. The van der Waals surface area contributed by atoms with E-state index in [1.165, 1.54) is 19.2 Å². The molecule has 7 nitrogen and oxygen atoms in total. The summed E-state index contributed by atoms with van der Waals surface area (Å²) in [5, 5.41) is 25.5. The summed E-state index contributed by atoms with van der Waals surface area (Å²) >= 11 is 0. The van der Waals surface area contributed by atoms with Crippen molar-refractivity contribution in [2.75, 3.05) is 13.6 Å². The third-order valence-corrected chi connectivity index (χ3v) is 6.35. The minimum atomic E-state index is -4.60. The molecule has 1 N–H and O–H groups in total. The van der Waals surface area contributed by atoms with Crippen LogP contribution < -0.4 is 0 Å². The Balaban J connectivity index is 1.63. The molecule has 1 aromatic heterocycles. The molecule has 2 atom stereocenters. The van der Waals surface area contributed by atoms with E-state index in [0.29, 0.717) is 16.7 Å². The fraction of sp³-hybridized carbons (Fsp3) is 0.222. The van der Waals surface area contributed by atoms with E-state index >= 15 is 0 Å². The summed E-state index contributed by atoms with van der Waals surface area (Å²) in [6.07, 6.45) is -4.60. The molecule has 0 fully saturated rings. The second-order valence-electron chi connectivity index (χ2n) is 9.02. The zero-order valence-corrected chi connectivity index (χ0v) is 20.3. The predicted molar refractivity (Wildman–Crippen MR) is 131 cm³/mol. The first-order chi connectivity index (χ1) is 17.4. The Labute approximate surface area is 211 Å². The van der Waals surface area contributed by atoms with Gasteiger partial charge in [-0.1, -0.05) is 59.8 Å². The van der Waals surface area contributed by atoms with E-state index in [1.54, 1.807) is 62.4 Å². The SMILES string of the molecule is Cc1ccccc1-c1ccc(-c2nc(-c3ccc(C(C)[N+](C)([O-])CC(=O)O)cc3)no2)cc1C(F)(F)F. The van der Waals surface area contributed by atoms with Gasteiger partial charge in [0.2, 0.25) is 5.82 Å². The number of carboxylic acid groups (broad SMARTS) is 1. The number of aliphatic carboxylic acids is 1. The number of hydroxylamine groups is 3. The Kier molecular flexibility index (Phi) is 6.90. The Bertz CT molecular complexity index is 1430. The third-order valence-electron chi connectivity index (χ3n) is 6.35. The van der Waals surface area contributed by atoms with Crippen LogP contribution in [0, 0.1) is 12.1 Å². The number of rotatable bonds is 7. The van der Waals surface area contributed by atoms with E-state index in [2.05, 4.69) is 10.1 Å². The Morgan fingerprint density at radius 1 is 1.05 bits per heavy atom. The van der Waals surface area contributed by atoms with Crippen LogP contribution in [0.25, 0.3) is 34.0 Å². The molecule has 37 heavy (non-hydrogen) atoms. The molecule has 0 saturated carbocycles. The maximum absolute atomic E-state index is 14.0. The van der Waals surface area contributed by atoms with Gasteiger partial charge < -0.3 is 19.5 Å². The van der Waals surface area contributed by atoms with E-state index in [9.17, 15) is 23.2 Å². The Hall–Kier alpha value is -4.02. The average Bonchev–Trinajstić information content (AvgIpc) is 3.33. The molecule has 4 aromatic rings. The van der Waals surface area contributed by atoms with Crippen molar-refractivity contribution in [2.45, 2.75) is 26.1 Å². The lowest BCUT2D eigenvalue weighted by Crippen LogP contribution is -2.44. The van der Waals surface area contributed by atoms with Crippen LogP contribution in [-0.2, 0) is 11.0 Å². The zero-order chi connectivity index (χ0) is 27.0. The van der Waals surface area contributed by atoms with Gasteiger partial charge in [-0.2, -0.15) is 18.2 Å². The molecule has 1 heterocycles. The second-order valence-corrected chi connectivity index (χ2v) is 9.02. The Morgan fingerprint density at radius 3 is 2.32 bits per heavy atom. The summed E-state index contributed by atoms with van der Waals surface area (Å²) in [5.74, 6) is -1.10. The maximum Gasteiger partial charge on any atom is 0.417 e. The summed E-state index contributed by atoms with van der Waals surface area (Å²) in [4.78, 5) is 15.3. The summed E-state index contributed by atoms with van der Waals surface area (Å²) < 4.78 is 46.2. The van der Waals surface area contributed by atoms with E-state index in [-0.39, 0.29) is 22.8 Å². The fourth-order valence-corrected chi connectivity index (χ4v) is 4.11. The van der Waals surface area contributed by atoms with Gasteiger partial charge in [0.1, 0.15) is 6.04 Å². The van der Waals surface area contributed by atoms with Crippen molar-refractivity contribution >= 4 is 5.97 Å². The Morgan fingerprint density at radius 2 is 1.70 bits per heavy atom. The van der Waals surface area contributed by atoms with Crippen molar-refractivity contribution in [1.29, 1.82) is 0 Å². The van der Waals surface area contributed by atoms with Crippen molar-refractivity contribution in [1.82, 2.24) is 10.1 Å². The number of carbonyl (C=O) groups is 1. The van der Waals surface area contributed by atoms with Crippen molar-refractivity contribution in [3.63, 3.8) is 0 Å². The smallest absolute Gasteiger partial charge is 0.417 e. The number of benzene rings is 3. The first kappa shape index (κ1) is 26.1. The highest BCUT2D eigenvalue weighted by atomic mass is 19.4. The van der Waals surface area contributed by atoms with E-state index in [4.69, 9.17) is 9.63 Å². The maximum atomic E-state index is 14.0. The van der Waals surface area contributed by atoms with Crippen molar-refractivity contribution in [2.24, 2.45) is 0 Å². The van der Waals surface area contributed by atoms with Crippen LogP contribution in [0.1, 0.15) is 29.7 Å². The first-order valence-electron chi connectivity index (χ1n) is 11.4. The average molecular weight is 512 g/mol. The topological polar surface area (TPSA) is 99.3 Å². The molecule has 0 aliphatic rings. The van der Waals surface area contributed by atoms with Crippen molar-refractivity contribution in [3.8, 4) is 34.0 Å². The highest BCUT2D eigenvalue weighted by molar-refractivity contribution is 5.74. The molecular formula is C27H24F3N3O4. The molecule has 0 spiro atoms. The number of hydrogen-bond acceptors (Lipinski definition) is 5. The van der Waals surface area contributed by atoms with Crippen molar-refractivity contribution < 1.29 is 32.2 Å². The van der Waals surface area contributed by atoms with Gasteiger partial charge in [0.05, 0.1) is 12.6 Å². The summed E-state index contributed by atoms with van der Waals surface area (Å²) in [6, 6.07) is 16.7. The molecule has 10 heteroatoms. The molecule has 192 valence electrons. The van der Waals surface area contributed by atoms with E-state index in [1.807, 2.05) is 0 Å². The lowest BCUT2D eigenvalue weighted by atomic mass is 9.94. The van der Waals surface area contributed by atoms with Gasteiger partial charge in [-0.05, 0) is 42.7 Å². The number of nitrogens with zero attached hydrogens (tertiary/aromatic N) is 3. The van der Waals surface area contributed by atoms with Gasteiger partial charge in [0, 0.05) is 16.7 Å². The summed E-state index contributed by atoms with van der Waals surface area (Å²) in [7, 11) is 1.29. The highest BCUT2D eigenvalue weighted by Gasteiger charge is 2.35.